The molecule has 3 N–H and O–H groups in total. The minimum atomic E-state index is -0.102. The zero-order valence-electron chi connectivity index (χ0n) is 15.9. The largest absolute Gasteiger partial charge is 0.352 e. The van der Waals surface area contributed by atoms with Crippen molar-refractivity contribution in [1.82, 2.24) is 5.32 Å². The monoisotopic (exact) mass is 366 g/mol. The van der Waals surface area contributed by atoms with Gasteiger partial charge in [0, 0.05) is 37.6 Å². The van der Waals surface area contributed by atoms with E-state index < -0.39 is 0 Å². The number of carbonyl (C=O) groups excluding carboxylic acids is 2. The second kappa shape index (κ2) is 9.33. The number of quaternary nitrogens is 1. The van der Waals surface area contributed by atoms with Crippen LogP contribution in [0, 0.1) is 0 Å². The highest BCUT2D eigenvalue weighted by Gasteiger charge is 2.17. The molecule has 1 heterocycles. The predicted molar refractivity (Wildman–Crippen MR) is 106 cm³/mol. The minimum absolute atomic E-state index is 0.00518. The molecule has 2 aromatic carbocycles. The second-order valence-corrected chi connectivity index (χ2v) is 7.23. The zero-order chi connectivity index (χ0) is 19.1. The summed E-state index contributed by atoms with van der Waals surface area (Å²) in [7, 11) is 0. The Kier molecular flexibility index (Phi) is 6.60. The van der Waals surface area contributed by atoms with Crippen molar-refractivity contribution in [2.24, 2.45) is 0 Å². The lowest BCUT2D eigenvalue weighted by atomic mass is 10.1. The van der Waals surface area contributed by atoms with Gasteiger partial charge in [0.05, 0.1) is 19.5 Å². The average Bonchev–Trinajstić information content (AvgIpc) is 3.15. The van der Waals surface area contributed by atoms with Gasteiger partial charge in [-0.15, -0.1) is 0 Å². The molecule has 1 fully saturated rings. The number of hydrogen-bond donors (Lipinski definition) is 3. The van der Waals surface area contributed by atoms with Gasteiger partial charge in [0.15, 0.2) is 0 Å². The molecule has 5 nitrogen and oxygen atoms in total. The summed E-state index contributed by atoms with van der Waals surface area (Å²) < 4.78 is 0. The van der Waals surface area contributed by atoms with Crippen molar-refractivity contribution in [1.29, 1.82) is 0 Å². The van der Waals surface area contributed by atoms with Gasteiger partial charge in [-0.1, -0.05) is 36.4 Å². The maximum atomic E-state index is 12.3. The van der Waals surface area contributed by atoms with E-state index in [0.29, 0.717) is 13.0 Å². The molecule has 2 aromatic rings. The van der Waals surface area contributed by atoms with E-state index in [2.05, 4.69) is 28.8 Å². The first-order valence-corrected chi connectivity index (χ1v) is 9.64. The molecule has 0 aliphatic carbocycles. The Morgan fingerprint density at radius 3 is 2.30 bits per heavy atom. The first-order chi connectivity index (χ1) is 13.1. The van der Waals surface area contributed by atoms with Gasteiger partial charge in [-0.2, -0.15) is 0 Å². The van der Waals surface area contributed by atoms with Crippen LogP contribution < -0.4 is 15.5 Å². The predicted octanol–water partition coefficient (Wildman–Crippen LogP) is 1.68. The Bertz CT molecular complexity index is 780. The summed E-state index contributed by atoms with van der Waals surface area (Å²) in [4.78, 5) is 25.0. The number of hydrogen-bond acceptors (Lipinski definition) is 2. The third-order valence-electron chi connectivity index (χ3n) is 4.98. The van der Waals surface area contributed by atoms with Gasteiger partial charge in [-0.05, 0) is 23.3 Å². The van der Waals surface area contributed by atoms with Crippen LogP contribution in [-0.4, -0.2) is 24.9 Å². The van der Waals surface area contributed by atoms with Gasteiger partial charge < -0.3 is 15.5 Å². The molecule has 0 aromatic heterocycles. The van der Waals surface area contributed by atoms with E-state index in [1.165, 1.54) is 44.0 Å². The smallest absolute Gasteiger partial charge is 0.224 e. The van der Waals surface area contributed by atoms with E-state index in [4.69, 9.17) is 0 Å². The molecule has 0 spiro atoms. The number of carbonyl (C=O) groups is 2. The van der Waals surface area contributed by atoms with E-state index >= 15 is 0 Å². The summed E-state index contributed by atoms with van der Waals surface area (Å²) in [6.45, 7) is 5.57. The summed E-state index contributed by atoms with van der Waals surface area (Å²) in [6.07, 6.45) is 2.96. The fourth-order valence-corrected chi connectivity index (χ4v) is 3.57. The first-order valence-electron chi connectivity index (χ1n) is 9.64. The highest BCUT2D eigenvalue weighted by Crippen LogP contribution is 2.11. The standard InChI is InChI=1S/C22H27N3O2/c1-17(26)24-21-10-8-18(9-11-21)14-22(27)23-15-19-6-2-3-7-20(19)16-25-12-4-5-13-25/h2-3,6-11H,4-5,12-16H2,1H3,(H,23,27)(H,24,26)/p+1. The highest BCUT2D eigenvalue weighted by atomic mass is 16.2. The van der Waals surface area contributed by atoms with Crippen LogP contribution in [0.2, 0.25) is 0 Å². The van der Waals surface area contributed by atoms with Crippen molar-refractivity contribution in [2.45, 2.75) is 39.3 Å². The Morgan fingerprint density at radius 1 is 0.963 bits per heavy atom. The Morgan fingerprint density at radius 2 is 1.63 bits per heavy atom. The van der Waals surface area contributed by atoms with Crippen LogP contribution in [0.15, 0.2) is 48.5 Å². The molecule has 27 heavy (non-hydrogen) atoms. The topological polar surface area (TPSA) is 62.6 Å². The molecule has 3 rings (SSSR count). The van der Waals surface area contributed by atoms with Crippen LogP contribution in [-0.2, 0) is 29.1 Å². The maximum absolute atomic E-state index is 12.3. The molecule has 5 heteroatoms. The Balaban J connectivity index is 1.52. The summed E-state index contributed by atoms with van der Waals surface area (Å²) in [5, 5.41) is 5.77. The molecule has 0 unspecified atom stereocenters. The van der Waals surface area contributed by atoms with Crippen LogP contribution in [0.5, 0.6) is 0 Å². The van der Waals surface area contributed by atoms with Gasteiger partial charge in [0.25, 0.3) is 0 Å². The molecule has 1 aliphatic rings. The van der Waals surface area contributed by atoms with E-state index in [1.807, 2.05) is 30.3 Å². The summed E-state index contributed by atoms with van der Waals surface area (Å²) >= 11 is 0. The maximum Gasteiger partial charge on any atom is 0.224 e. The number of anilines is 1. The lowest BCUT2D eigenvalue weighted by molar-refractivity contribution is -0.901. The van der Waals surface area contributed by atoms with Crippen molar-refractivity contribution in [2.75, 3.05) is 18.4 Å². The molecule has 142 valence electrons. The van der Waals surface area contributed by atoms with Crippen molar-refractivity contribution in [3.8, 4) is 0 Å². The van der Waals surface area contributed by atoms with Gasteiger partial charge in [0.2, 0.25) is 11.8 Å². The lowest BCUT2D eigenvalue weighted by Crippen LogP contribution is -3.08. The van der Waals surface area contributed by atoms with Crippen molar-refractivity contribution < 1.29 is 14.5 Å². The average molecular weight is 366 g/mol. The van der Waals surface area contributed by atoms with E-state index in [1.54, 1.807) is 4.90 Å². The van der Waals surface area contributed by atoms with Crippen LogP contribution in [0.1, 0.15) is 36.5 Å². The quantitative estimate of drug-likeness (QED) is 0.698. The molecule has 0 bridgehead atoms. The third kappa shape index (κ3) is 5.93. The molecule has 2 amide bonds. The fourth-order valence-electron chi connectivity index (χ4n) is 3.57. The first kappa shape index (κ1) is 19.1. The highest BCUT2D eigenvalue weighted by molar-refractivity contribution is 5.88. The summed E-state index contributed by atoms with van der Waals surface area (Å²) in [5.41, 5.74) is 4.20. The zero-order valence-corrected chi connectivity index (χ0v) is 15.9. The summed E-state index contributed by atoms with van der Waals surface area (Å²) in [5.74, 6) is -0.0967. The van der Waals surface area contributed by atoms with E-state index in [-0.39, 0.29) is 11.8 Å². The SMILES string of the molecule is CC(=O)Nc1ccc(CC(=O)NCc2ccccc2C[NH+]2CCCC2)cc1. The molecular weight excluding hydrogens is 338 g/mol. The number of amides is 2. The fraction of sp³-hybridized carbons (Fsp3) is 0.364. The van der Waals surface area contributed by atoms with Crippen LogP contribution in [0.4, 0.5) is 5.69 Å². The molecular formula is C22H28N3O2+. The van der Waals surface area contributed by atoms with Crippen molar-refractivity contribution >= 4 is 17.5 Å². The molecule has 0 atom stereocenters. The van der Waals surface area contributed by atoms with Crippen molar-refractivity contribution in [3.63, 3.8) is 0 Å². The third-order valence-corrected chi connectivity index (χ3v) is 4.98. The minimum Gasteiger partial charge on any atom is -0.352 e. The van der Waals surface area contributed by atoms with Gasteiger partial charge >= 0.3 is 0 Å². The molecule has 1 aliphatic heterocycles. The number of likely N-dealkylation sites (tertiary alicyclic amines) is 1. The van der Waals surface area contributed by atoms with Gasteiger partial charge in [0.1, 0.15) is 6.54 Å². The molecule has 0 radical (unpaired) electrons. The van der Waals surface area contributed by atoms with Crippen LogP contribution in [0.25, 0.3) is 0 Å². The normalized spacial score (nSPS) is 14.1. The lowest BCUT2D eigenvalue weighted by Gasteiger charge is -2.15. The van der Waals surface area contributed by atoms with Gasteiger partial charge in [-0.3, -0.25) is 9.59 Å². The molecule has 1 saturated heterocycles. The second-order valence-electron chi connectivity index (χ2n) is 7.23. The van der Waals surface area contributed by atoms with E-state index in [9.17, 15) is 9.59 Å². The number of rotatable bonds is 7. The van der Waals surface area contributed by atoms with Crippen LogP contribution >= 0.6 is 0 Å². The number of nitrogens with one attached hydrogen (secondary N) is 3. The Hall–Kier alpha value is -2.66. The molecule has 0 saturated carbocycles. The Labute approximate surface area is 160 Å². The van der Waals surface area contributed by atoms with Crippen molar-refractivity contribution in [3.05, 3.63) is 65.2 Å². The van der Waals surface area contributed by atoms with Crippen LogP contribution in [0.3, 0.4) is 0 Å². The summed E-state index contributed by atoms with van der Waals surface area (Å²) in [6, 6.07) is 15.8. The van der Waals surface area contributed by atoms with Gasteiger partial charge in [-0.25, -0.2) is 0 Å². The van der Waals surface area contributed by atoms with E-state index in [0.717, 1.165) is 17.8 Å². The number of benzene rings is 2.